The lowest BCUT2D eigenvalue weighted by Gasteiger charge is -2.12. The third kappa shape index (κ3) is 6.30. The molecule has 0 aliphatic rings. The third-order valence-corrected chi connectivity index (χ3v) is 4.63. The van der Waals surface area contributed by atoms with Crippen LogP contribution in [0, 0.1) is 0 Å². The van der Waals surface area contributed by atoms with Crippen molar-refractivity contribution < 1.29 is 27.8 Å². The van der Waals surface area contributed by atoms with Gasteiger partial charge in [0, 0.05) is 11.1 Å². The summed E-state index contributed by atoms with van der Waals surface area (Å²) in [5.74, 6) is 0.925. The number of carbonyl (C=O) groups is 1. The van der Waals surface area contributed by atoms with Crippen LogP contribution in [0.2, 0.25) is 5.02 Å². The summed E-state index contributed by atoms with van der Waals surface area (Å²) in [6.07, 6.45) is 3.06. The quantitative estimate of drug-likeness (QED) is 0.282. The van der Waals surface area contributed by atoms with Crippen molar-refractivity contribution in [1.82, 2.24) is 0 Å². The minimum Gasteiger partial charge on any atom is -0.496 e. The molecule has 7 heteroatoms. The predicted octanol–water partition coefficient (Wildman–Crippen LogP) is 6.43. The number of benzene rings is 3. The maximum atomic E-state index is 12.4. The van der Waals surface area contributed by atoms with Crippen LogP contribution in [-0.4, -0.2) is 19.5 Å². The molecule has 0 aliphatic carbocycles. The highest BCUT2D eigenvalue weighted by Crippen LogP contribution is 2.27. The molecule has 0 amide bonds. The Balaban J connectivity index is 1.70. The van der Waals surface area contributed by atoms with Gasteiger partial charge in [-0.3, -0.25) is 4.79 Å². The molecular formula is C24H19ClF2O4. The van der Waals surface area contributed by atoms with Crippen molar-refractivity contribution in [2.45, 2.75) is 13.2 Å². The van der Waals surface area contributed by atoms with Crippen molar-refractivity contribution in [2.24, 2.45) is 0 Å². The Labute approximate surface area is 183 Å². The molecule has 3 aromatic carbocycles. The van der Waals surface area contributed by atoms with Gasteiger partial charge in [0.15, 0.2) is 5.78 Å². The van der Waals surface area contributed by atoms with Crippen molar-refractivity contribution in [3.8, 4) is 17.2 Å². The van der Waals surface area contributed by atoms with Gasteiger partial charge >= 0.3 is 6.61 Å². The zero-order valence-corrected chi connectivity index (χ0v) is 17.3. The number of ether oxygens (including phenoxy) is 3. The van der Waals surface area contributed by atoms with Crippen molar-refractivity contribution in [1.29, 1.82) is 0 Å². The monoisotopic (exact) mass is 444 g/mol. The van der Waals surface area contributed by atoms with Crippen LogP contribution in [0.3, 0.4) is 0 Å². The van der Waals surface area contributed by atoms with Gasteiger partial charge in [0.05, 0.1) is 12.1 Å². The summed E-state index contributed by atoms with van der Waals surface area (Å²) in [6, 6.07) is 18.1. The number of carbonyl (C=O) groups excluding carboxylic acids is 1. The maximum absolute atomic E-state index is 12.4. The maximum Gasteiger partial charge on any atom is 0.387 e. The molecule has 0 spiro atoms. The van der Waals surface area contributed by atoms with Crippen LogP contribution in [0.1, 0.15) is 21.5 Å². The Hall–Kier alpha value is -3.38. The van der Waals surface area contributed by atoms with Gasteiger partial charge in [-0.25, -0.2) is 0 Å². The largest absolute Gasteiger partial charge is 0.496 e. The predicted molar refractivity (Wildman–Crippen MR) is 115 cm³/mol. The zero-order valence-electron chi connectivity index (χ0n) is 16.6. The van der Waals surface area contributed by atoms with Gasteiger partial charge in [0.2, 0.25) is 0 Å². The van der Waals surface area contributed by atoms with E-state index in [1.165, 1.54) is 30.3 Å². The molecule has 0 aliphatic heterocycles. The van der Waals surface area contributed by atoms with E-state index in [1.54, 1.807) is 37.5 Å². The van der Waals surface area contributed by atoms with E-state index < -0.39 is 6.61 Å². The highest BCUT2D eigenvalue weighted by atomic mass is 35.5. The van der Waals surface area contributed by atoms with Crippen LogP contribution in [0.4, 0.5) is 8.78 Å². The molecule has 3 rings (SSSR count). The summed E-state index contributed by atoms with van der Waals surface area (Å²) in [4.78, 5) is 12.4. The smallest absolute Gasteiger partial charge is 0.387 e. The van der Waals surface area contributed by atoms with E-state index in [0.29, 0.717) is 22.1 Å². The number of halogens is 3. The highest BCUT2D eigenvalue weighted by Gasteiger charge is 2.08. The molecule has 0 fully saturated rings. The number of hydrogen-bond donors (Lipinski definition) is 0. The lowest BCUT2D eigenvalue weighted by Crippen LogP contribution is -2.02. The fraction of sp³-hybridized carbons (Fsp3) is 0.125. The first-order chi connectivity index (χ1) is 15.0. The van der Waals surface area contributed by atoms with E-state index in [1.807, 2.05) is 18.2 Å². The molecule has 0 N–H and O–H groups in total. The van der Waals surface area contributed by atoms with E-state index in [2.05, 4.69) is 4.74 Å². The normalized spacial score (nSPS) is 11.0. The first-order valence-corrected chi connectivity index (χ1v) is 9.65. The third-order valence-electron chi connectivity index (χ3n) is 4.32. The molecule has 0 unspecified atom stereocenters. The standard InChI is InChI=1S/C24H19ClF2O4/c1-29-22-13-7-16(14-18(22)15-30-23-5-3-2-4-20(23)25)6-12-21(28)17-8-10-19(11-9-17)31-24(26)27/h2-14,24H,15H2,1H3/b12-6+. The van der Waals surface area contributed by atoms with E-state index in [-0.39, 0.29) is 18.1 Å². The van der Waals surface area contributed by atoms with E-state index in [4.69, 9.17) is 21.1 Å². The Morgan fingerprint density at radius 1 is 1.03 bits per heavy atom. The summed E-state index contributed by atoms with van der Waals surface area (Å²) in [5.41, 5.74) is 1.91. The molecule has 160 valence electrons. The van der Waals surface area contributed by atoms with Gasteiger partial charge in [0.1, 0.15) is 23.9 Å². The van der Waals surface area contributed by atoms with E-state index >= 15 is 0 Å². The van der Waals surface area contributed by atoms with Crippen molar-refractivity contribution in [3.05, 3.63) is 94.5 Å². The fourth-order valence-corrected chi connectivity index (χ4v) is 2.99. The lowest BCUT2D eigenvalue weighted by atomic mass is 10.1. The van der Waals surface area contributed by atoms with Crippen LogP contribution in [0.5, 0.6) is 17.2 Å². The molecule has 0 radical (unpaired) electrons. The first kappa shape index (κ1) is 22.3. The number of para-hydroxylation sites is 1. The van der Waals surface area contributed by atoms with Crippen LogP contribution < -0.4 is 14.2 Å². The summed E-state index contributed by atoms with van der Waals surface area (Å²) in [7, 11) is 1.56. The zero-order chi connectivity index (χ0) is 22.2. The Bertz CT molecular complexity index is 1070. The van der Waals surface area contributed by atoms with Crippen LogP contribution in [0.15, 0.2) is 72.8 Å². The molecule has 0 bridgehead atoms. The van der Waals surface area contributed by atoms with Crippen LogP contribution >= 0.6 is 11.6 Å². The number of methoxy groups -OCH3 is 1. The molecule has 0 saturated heterocycles. The number of alkyl halides is 2. The van der Waals surface area contributed by atoms with Gasteiger partial charge in [-0.1, -0.05) is 35.9 Å². The number of hydrogen-bond acceptors (Lipinski definition) is 4. The van der Waals surface area contributed by atoms with Crippen molar-refractivity contribution in [3.63, 3.8) is 0 Å². The molecule has 4 nitrogen and oxygen atoms in total. The Morgan fingerprint density at radius 2 is 1.77 bits per heavy atom. The summed E-state index contributed by atoms with van der Waals surface area (Å²) in [5, 5.41) is 0.507. The number of allylic oxidation sites excluding steroid dienone is 1. The number of rotatable bonds is 9. The molecular weight excluding hydrogens is 426 g/mol. The van der Waals surface area contributed by atoms with Crippen LogP contribution in [0.25, 0.3) is 6.08 Å². The van der Waals surface area contributed by atoms with Gasteiger partial charge in [-0.05, 0) is 60.2 Å². The molecule has 0 saturated carbocycles. The molecule has 0 heterocycles. The summed E-state index contributed by atoms with van der Waals surface area (Å²) >= 11 is 6.12. The van der Waals surface area contributed by atoms with Gasteiger partial charge in [-0.15, -0.1) is 0 Å². The van der Waals surface area contributed by atoms with Crippen LogP contribution in [-0.2, 0) is 6.61 Å². The average Bonchev–Trinajstić information content (AvgIpc) is 2.77. The topological polar surface area (TPSA) is 44.8 Å². The minimum absolute atomic E-state index is 0.00570. The van der Waals surface area contributed by atoms with Crippen molar-refractivity contribution >= 4 is 23.5 Å². The minimum atomic E-state index is -2.91. The molecule has 0 aromatic heterocycles. The first-order valence-electron chi connectivity index (χ1n) is 9.28. The fourth-order valence-electron chi connectivity index (χ4n) is 2.80. The highest BCUT2D eigenvalue weighted by molar-refractivity contribution is 6.32. The summed E-state index contributed by atoms with van der Waals surface area (Å²) < 4.78 is 39.9. The average molecular weight is 445 g/mol. The SMILES string of the molecule is COc1ccc(/C=C/C(=O)c2ccc(OC(F)F)cc2)cc1COc1ccccc1Cl. The van der Waals surface area contributed by atoms with Gasteiger partial charge in [0.25, 0.3) is 0 Å². The second kappa shape index (κ2) is 10.6. The van der Waals surface area contributed by atoms with Gasteiger partial charge in [-0.2, -0.15) is 8.78 Å². The molecule has 31 heavy (non-hydrogen) atoms. The summed E-state index contributed by atoms with van der Waals surface area (Å²) in [6.45, 7) is -2.68. The molecule has 3 aromatic rings. The number of ketones is 1. The Morgan fingerprint density at radius 3 is 2.45 bits per heavy atom. The second-order valence-electron chi connectivity index (χ2n) is 6.39. The van der Waals surface area contributed by atoms with E-state index in [0.717, 1.165) is 11.1 Å². The Kier molecular flexibility index (Phi) is 7.62. The van der Waals surface area contributed by atoms with E-state index in [9.17, 15) is 13.6 Å². The van der Waals surface area contributed by atoms with Crippen molar-refractivity contribution in [2.75, 3.05) is 7.11 Å². The lowest BCUT2D eigenvalue weighted by molar-refractivity contribution is -0.0498. The molecule has 0 atom stereocenters. The second-order valence-corrected chi connectivity index (χ2v) is 6.80. The van der Waals surface area contributed by atoms with Gasteiger partial charge < -0.3 is 14.2 Å².